The molecule has 0 bridgehead atoms. The molecular weight excluding hydrogens is 402 g/mol. The summed E-state index contributed by atoms with van der Waals surface area (Å²) in [6, 6.07) is 14.9. The fourth-order valence-corrected chi connectivity index (χ4v) is 4.16. The van der Waals surface area contributed by atoms with Gasteiger partial charge in [0.15, 0.2) is 0 Å². The summed E-state index contributed by atoms with van der Waals surface area (Å²) in [6.45, 7) is 6.00. The first-order valence-corrected chi connectivity index (χ1v) is 11.1. The first-order valence-electron chi connectivity index (χ1n) is 11.1. The highest BCUT2D eigenvalue weighted by molar-refractivity contribution is 5.99. The van der Waals surface area contributed by atoms with Crippen LogP contribution in [-0.2, 0) is 17.6 Å². The minimum Gasteiger partial charge on any atom is -0.352 e. The van der Waals surface area contributed by atoms with E-state index in [-0.39, 0.29) is 17.7 Å². The average molecular weight is 432 g/mol. The summed E-state index contributed by atoms with van der Waals surface area (Å²) in [4.78, 5) is 37.5. The van der Waals surface area contributed by atoms with Gasteiger partial charge in [0.05, 0.1) is 5.52 Å². The summed E-state index contributed by atoms with van der Waals surface area (Å²) in [5, 5.41) is 6.93. The first-order chi connectivity index (χ1) is 15.3. The van der Waals surface area contributed by atoms with E-state index in [2.05, 4.69) is 10.6 Å². The number of carbonyl (C=O) groups is 3. The van der Waals surface area contributed by atoms with Gasteiger partial charge in [0.25, 0.3) is 5.91 Å². The Kier molecular flexibility index (Phi) is 5.87. The van der Waals surface area contributed by atoms with Gasteiger partial charge in [0, 0.05) is 40.7 Å². The largest absolute Gasteiger partial charge is 0.352 e. The van der Waals surface area contributed by atoms with Crippen LogP contribution in [0.4, 0.5) is 5.69 Å². The maximum absolute atomic E-state index is 12.7. The molecule has 2 N–H and O–H groups in total. The molecular formula is C26H29N3O3. The van der Waals surface area contributed by atoms with Crippen molar-refractivity contribution in [3.63, 3.8) is 0 Å². The molecule has 6 nitrogen and oxygen atoms in total. The monoisotopic (exact) mass is 431 g/mol. The van der Waals surface area contributed by atoms with Gasteiger partial charge in [-0.15, -0.1) is 0 Å². The number of aromatic nitrogens is 1. The third kappa shape index (κ3) is 4.31. The molecule has 4 rings (SSSR count). The molecule has 1 aromatic heterocycles. The van der Waals surface area contributed by atoms with Gasteiger partial charge in [0.2, 0.25) is 11.8 Å². The predicted molar refractivity (Wildman–Crippen MR) is 126 cm³/mol. The summed E-state index contributed by atoms with van der Waals surface area (Å²) < 4.78 is 1.86. The molecule has 166 valence electrons. The van der Waals surface area contributed by atoms with Gasteiger partial charge in [-0.25, -0.2) is 0 Å². The van der Waals surface area contributed by atoms with Crippen molar-refractivity contribution in [2.75, 3.05) is 11.9 Å². The zero-order valence-electron chi connectivity index (χ0n) is 18.8. The normalized spacial score (nSPS) is 13.7. The molecule has 0 saturated carbocycles. The number of benzene rings is 2. The number of para-hydroxylation sites is 1. The van der Waals surface area contributed by atoms with Crippen LogP contribution in [0.1, 0.15) is 60.0 Å². The number of rotatable bonds is 5. The van der Waals surface area contributed by atoms with Crippen LogP contribution in [0.5, 0.6) is 0 Å². The number of anilines is 1. The lowest BCUT2D eigenvalue weighted by Gasteiger charge is -2.18. The van der Waals surface area contributed by atoms with Crippen molar-refractivity contribution in [3.8, 4) is 0 Å². The maximum atomic E-state index is 12.7. The minimum absolute atomic E-state index is 0.102. The molecule has 0 aliphatic carbocycles. The van der Waals surface area contributed by atoms with Crippen LogP contribution in [0.2, 0.25) is 0 Å². The lowest BCUT2D eigenvalue weighted by atomic mass is 9.95. The fraction of sp³-hybridized carbons (Fsp3) is 0.346. The summed E-state index contributed by atoms with van der Waals surface area (Å²) in [7, 11) is 0. The molecule has 0 unspecified atom stereocenters. The molecule has 6 heteroatoms. The van der Waals surface area contributed by atoms with Crippen LogP contribution in [-0.4, -0.2) is 28.8 Å². The zero-order chi connectivity index (χ0) is 22.9. The molecule has 2 amide bonds. The van der Waals surface area contributed by atoms with E-state index in [1.165, 1.54) is 0 Å². The van der Waals surface area contributed by atoms with Gasteiger partial charge < -0.3 is 10.6 Å². The van der Waals surface area contributed by atoms with E-state index in [0.717, 1.165) is 35.0 Å². The molecule has 1 aliphatic heterocycles. The molecule has 0 fully saturated rings. The van der Waals surface area contributed by atoms with E-state index in [9.17, 15) is 14.4 Å². The molecule has 0 radical (unpaired) electrons. The van der Waals surface area contributed by atoms with E-state index in [0.29, 0.717) is 30.6 Å². The summed E-state index contributed by atoms with van der Waals surface area (Å²) in [5.74, 6) is -0.146. The highest BCUT2D eigenvalue weighted by atomic mass is 16.2. The van der Waals surface area contributed by atoms with Crippen molar-refractivity contribution < 1.29 is 14.4 Å². The lowest BCUT2D eigenvalue weighted by Crippen LogP contribution is -2.28. The molecule has 1 aliphatic rings. The molecule has 3 aromatic rings. The topological polar surface area (TPSA) is 80.2 Å². The Morgan fingerprint density at radius 1 is 1.03 bits per heavy atom. The summed E-state index contributed by atoms with van der Waals surface area (Å²) in [6.07, 6.45) is 2.97. The Bertz CT molecular complexity index is 1200. The number of nitrogens with zero attached hydrogens (tertiary/aromatic N) is 1. The average Bonchev–Trinajstić information content (AvgIpc) is 3.08. The Morgan fingerprint density at radius 2 is 1.81 bits per heavy atom. The molecule has 2 aromatic carbocycles. The second-order valence-corrected chi connectivity index (χ2v) is 9.32. The fourth-order valence-electron chi connectivity index (χ4n) is 4.16. The Balaban J connectivity index is 1.46. The van der Waals surface area contributed by atoms with Crippen molar-refractivity contribution in [1.82, 2.24) is 9.88 Å². The maximum Gasteiger partial charge on any atom is 0.251 e. The molecule has 2 heterocycles. The van der Waals surface area contributed by atoms with Gasteiger partial charge in [-0.2, -0.15) is 0 Å². The number of nitrogens with one attached hydrogen (secondary N) is 2. The van der Waals surface area contributed by atoms with Gasteiger partial charge in [-0.3, -0.25) is 19.0 Å². The Morgan fingerprint density at radius 3 is 2.59 bits per heavy atom. The Labute approximate surface area is 188 Å². The van der Waals surface area contributed by atoms with Crippen molar-refractivity contribution in [1.29, 1.82) is 0 Å². The first kappa shape index (κ1) is 21.8. The highest BCUT2D eigenvalue weighted by Gasteiger charge is 2.24. The van der Waals surface area contributed by atoms with Crippen LogP contribution in [0, 0.1) is 5.41 Å². The second kappa shape index (κ2) is 8.61. The number of hydrogen-bond donors (Lipinski definition) is 2. The van der Waals surface area contributed by atoms with Crippen molar-refractivity contribution >= 4 is 34.3 Å². The molecule has 0 atom stereocenters. The van der Waals surface area contributed by atoms with Crippen LogP contribution in [0.15, 0.2) is 48.5 Å². The van der Waals surface area contributed by atoms with E-state index in [1.807, 2.05) is 49.6 Å². The van der Waals surface area contributed by atoms with Crippen LogP contribution >= 0.6 is 0 Å². The Hall–Kier alpha value is -3.41. The lowest BCUT2D eigenvalue weighted by molar-refractivity contribution is -0.123. The number of fused-ring (bicyclic) bond motifs is 3. The number of amides is 2. The van der Waals surface area contributed by atoms with E-state index in [1.54, 1.807) is 24.3 Å². The van der Waals surface area contributed by atoms with Crippen molar-refractivity contribution in [2.45, 2.75) is 46.5 Å². The van der Waals surface area contributed by atoms with Crippen molar-refractivity contribution in [3.05, 3.63) is 65.4 Å². The molecule has 0 spiro atoms. The molecule has 32 heavy (non-hydrogen) atoms. The summed E-state index contributed by atoms with van der Waals surface area (Å²) in [5.41, 5.74) is 3.75. The predicted octanol–water partition coefficient (Wildman–Crippen LogP) is 4.57. The van der Waals surface area contributed by atoms with Gasteiger partial charge in [-0.05, 0) is 49.1 Å². The van der Waals surface area contributed by atoms with Gasteiger partial charge >= 0.3 is 0 Å². The van der Waals surface area contributed by atoms with Crippen molar-refractivity contribution in [2.24, 2.45) is 5.41 Å². The quantitative estimate of drug-likeness (QED) is 0.621. The third-order valence-electron chi connectivity index (χ3n) is 5.87. The van der Waals surface area contributed by atoms with Gasteiger partial charge in [0.1, 0.15) is 0 Å². The van der Waals surface area contributed by atoms with Crippen LogP contribution in [0.25, 0.3) is 10.9 Å². The van der Waals surface area contributed by atoms with E-state index in [4.69, 9.17) is 0 Å². The SMILES string of the molecule is CC(C)(C)C(=O)Nc1cccc(C(=O)NCCc2c3n(c4ccccc24)C(=O)CCC3)c1. The summed E-state index contributed by atoms with van der Waals surface area (Å²) >= 11 is 0. The second-order valence-electron chi connectivity index (χ2n) is 9.32. The van der Waals surface area contributed by atoms with E-state index >= 15 is 0 Å². The van der Waals surface area contributed by atoms with Crippen LogP contribution in [0.3, 0.4) is 0 Å². The molecule has 0 saturated heterocycles. The third-order valence-corrected chi connectivity index (χ3v) is 5.87. The van der Waals surface area contributed by atoms with E-state index < -0.39 is 5.41 Å². The zero-order valence-corrected chi connectivity index (χ0v) is 18.8. The highest BCUT2D eigenvalue weighted by Crippen LogP contribution is 2.31. The minimum atomic E-state index is -0.515. The number of hydrogen-bond acceptors (Lipinski definition) is 3. The van der Waals surface area contributed by atoms with Crippen LogP contribution < -0.4 is 10.6 Å². The smallest absolute Gasteiger partial charge is 0.251 e. The van der Waals surface area contributed by atoms with Gasteiger partial charge in [-0.1, -0.05) is 45.0 Å². The number of carbonyl (C=O) groups excluding carboxylic acids is 3. The standard InChI is InChI=1S/C26H29N3O3/c1-26(2,3)25(32)28-18-9-6-8-17(16-18)24(31)27-15-14-20-19-10-4-5-11-21(19)29-22(20)12-7-13-23(29)30/h4-6,8-11,16H,7,12-15H2,1-3H3,(H,27,31)(H,28,32).